The zero-order valence-corrected chi connectivity index (χ0v) is 10.6. The van der Waals surface area contributed by atoms with Gasteiger partial charge in [0, 0.05) is 5.69 Å². The molecule has 1 aromatic carbocycles. The van der Waals surface area contributed by atoms with Crippen LogP contribution in [0.3, 0.4) is 0 Å². The van der Waals surface area contributed by atoms with Crippen LogP contribution in [0.25, 0.3) is 0 Å². The molecule has 5 heteroatoms. The second-order valence-electron chi connectivity index (χ2n) is 4.24. The Kier molecular flexibility index (Phi) is 4.20. The van der Waals surface area contributed by atoms with Crippen LogP contribution in [0.1, 0.15) is 17.4 Å². The molecule has 1 heterocycles. The molecular formula is C14H16N2O3. The van der Waals surface area contributed by atoms with Crippen LogP contribution in [-0.2, 0) is 0 Å². The highest BCUT2D eigenvalue weighted by Gasteiger charge is 2.11. The van der Waals surface area contributed by atoms with Gasteiger partial charge >= 0.3 is 6.03 Å². The fourth-order valence-electron chi connectivity index (χ4n) is 1.67. The number of nitrogens with one attached hydrogen (secondary N) is 2. The highest BCUT2D eigenvalue weighted by Crippen LogP contribution is 2.12. The molecule has 2 amide bonds. The molecule has 3 N–H and O–H groups in total. The van der Waals surface area contributed by atoms with Gasteiger partial charge in [-0.3, -0.25) is 0 Å². The van der Waals surface area contributed by atoms with Crippen LogP contribution in [0.2, 0.25) is 0 Å². The topological polar surface area (TPSA) is 74.5 Å². The number of rotatable bonds is 4. The SMILES string of the molecule is Cc1cccc(NC(=O)NCC(O)c2ccco2)c1. The Morgan fingerprint density at radius 1 is 1.37 bits per heavy atom. The third kappa shape index (κ3) is 3.86. The van der Waals surface area contributed by atoms with Gasteiger partial charge in [0.25, 0.3) is 0 Å². The van der Waals surface area contributed by atoms with Crippen molar-refractivity contribution in [1.82, 2.24) is 5.32 Å². The predicted octanol–water partition coefficient (Wildman–Crippen LogP) is 2.44. The molecular weight excluding hydrogens is 244 g/mol. The summed E-state index contributed by atoms with van der Waals surface area (Å²) in [7, 11) is 0. The van der Waals surface area contributed by atoms with E-state index < -0.39 is 6.10 Å². The number of amides is 2. The highest BCUT2D eigenvalue weighted by atomic mass is 16.4. The summed E-state index contributed by atoms with van der Waals surface area (Å²) in [5.41, 5.74) is 1.78. The number of anilines is 1. The minimum absolute atomic E-state index is 0.0885. The van der Waals surface area contributed by atoms with E-state index in [4.69, 9.17) is 4.42 Å². The van der Waals surface area contributed by atoms with Crippen molar-refractivity contribution in [2.45, 2.75) is 13.0 Å². The van der Waals surface area contributed by atoms with Gasteiger partial charge in [0.2, 0.25) is 0 Å². The number of furan rings is 1. The van der Waals surface area contributed by atoms with Gasteiger partial charge in [-0.25, -0.2) is 4.79 Å². The number of aliphatic hydroxyl groups is 1. The highest BCUT2D eigenvalue weighted by molar-refractivity contribution is 5.89. The van der Waals surface area contributed by atoms with Crippen LogP contribution in [0, 0.1) is 6.92 Å². The van der Waals surface area contributed by atoms with Crippen LogP contribution in [0.15, 0.2) is 47.1 Å². The lowest BCUT2D eigenvalue weighted by Gasteiger charge is -2.11. The maximum Gasteiger partial charge on any atom is 0.319 e. The number of carbonyl (C=O) groups is 1. The number of aryl methyl sites for hydroxylation is 1. The van der Waals surface area contributed by atoms with E-state index in [0.717, 1.165) is 5.56 Å². The quantitative estimate of drug-likeness (QED) is 0.790. The summed E-state index contributed by atoms with van der Waals surface area (Å²) in [4.78, 5) is 11.6. The number of benzene rings is 1. The summed E-state index contributed by atoms with van der Waals surface area (Å²) in [6.07, 6.45) is 0.629. The Morgan fingerprint density at radius 2 is 2.21 bits per heavy atom. The second kappa shape index (κ2) is 6.06. The third-order valence-electron chi connectivity index (χ3n) is 2.60. The molecule has 0 spiro atoms. The minimum atomic E-state index is -0.849. The minimum Gasteiger partial charge on any atom is -0.467 e. The molecule has 0 aliphatic rings. The average molecular weight is 260 g/mol. The van der Waals surface area contributed by atoms with Crippen molar-refractivity contribution in [3.8, 4) is 0 Å². The van der Waals surface area contributed by atoms with Gasteiger partial charge in [-0.15, -0.1) is 0 Å². The molecule has 100 valence electrons. The molecule has 0 saturated carbocycles. The fourth-order valence-corrected chi connectivity index (χ4v) is 1.67. The van der Waals surface area contributed by atoms with Crippen molar-refractivity contribution in [3.63, 3.8) is 0 Å². The van der Waals surface area contributed by atoms with Crippen molar-refractivity contribution in [2.75, 3.05) is 11.9 Å². The van der Waals surface area contributed by atoms with E-state index in [1.54, 1.807) is 18.2 Å². The molecule has 5 nitrogen and oxygen atoms in total. The van der Waals surface area contributed by atoms with Crippen LogP contribution in [-0.4, -0.2) is 17.7 Å². The molecule has 1 aromatic heterocycles. The lowest BCUT2D eigenvalue weighted by atomic mass is 10.2. The van der Waals surface area contributed by atoms with Gasteiger partial charge < -0.3 is 20.2 Å². The summed E-state index contributed by atoms with van der Waals surface area (Å²) in [6.45, 7) is 2.04. The monoisotopic (exact) mass is 260 g/mol. The van der Waals surface area contributed by atoms with Crippen molar-refractivity contribution in [2.24, 2.45) is 0 Å². The van der Waals surface area contributed by atoms with Crippen molar-refractivity contribution in [1.29, 1.82) is 0 Å². The zero-order chi connectivity index (χ0) is 13.7. The van der Waals surface area contributed by atoms with Gasteiger partial charge in [-0.2, -0.15) is 0 Å². The second-order valence-corrected chi connectivity index (χ2v) is 4.24. The van der Waals surface area contributed by atoms with Gasteiger partial charge in [-0.05, 0) is 36.8 Å². The molecule has 0 fully saturated rings. The molecule has 19 heavy (non-hydrogen) atoms. The lowest BCUT2D eigenvalue weighted by molar-refractivity contribution is 0.149. The van der Waals surface area contributed by atoms with Crippen LogP contribution < -0.4 is 10.6 Å². The van der Waals surface area contributed by atoms with E-state index in [9.17, 15) is 9.90 Å². The third-order valence-corrected chi connectivity index (χ3v) is 2.60. The summed E-state index contributed by atoms with van der Waals surface area (Å²) in [5.74, 6) is 0.427. The Hall–Kier alpha value is -2.27. The first-order valence-corrected chi connectivity index (χ1v) is 5.98. The smallest absolute Gasteiger partial charge is 0.319 e. The number of hydrogen-bond acceptors (Lipinski definition) is 3. The van der Waals surface area contributed by atoms with E-state index in [2.05, 4.69) is 10.6 Å². The number of aliphatic hydroxyl groups excluding tert-OH is 1. The Labute approximate surface area is 111 Å². The Balaban J connectivity index is 1.82. The van der Waals surface area contributed by atoms with Gasteiger partial charge in [0.1, 0.15) is 11.9 Å². The maximum atomic E-state index is 11.6. The van der Waals surface area contributed by atoms with E-state index in [1.165, 1.54) is 6.26 Å². The number of carbonyl (C=O) groups excluding carboxylic acids is 1. The molecule has 0 aliphatic heterocycles. The first-order chi connectivity index (χ1) is 9.15. The largest absolute Gasteiger partial charge is 0.467 e. The summed E-state index contributed by atoms with van der Waals surface area (Å²) in [5, 5.41) is 15.0. The number of hydrogen-bond donors (Lipinski definition) is 3. The zero-order valence-electron chi connectivity index (χ0n) is 10.6. The van der Waals surface area contributed by atoms with Crippen molar-refractivity contribution in [3.05, 3.63) is 54.0 Å². The molecule has 2 aromatic rings. The lowest BCUT2D eigenvalue weighted by Crippen LogP contribution is -2.32. The van der Waals surface area contributed by atoms with Gasteiger partial charge in [0.05, 0.1) is 12.8 Å². The average Bonchev–Trinajstić information content (AvgIpc) is 2.90. The van der Waals surface area contributed by atoms with Crippen LogP contribution in [0.5, 0.6) is 0 Å². The molecule has 0 bridgehead atoms. The Bertz CT molecular complexity index is 537. The normalized spacial score (nSPS) is 11.9. The van der Waals surface area contributed by atoms with E-state index in [0.29, 0.717) is 11.4 Å². The first kappa shape index (κ1) is 13.2. The van der Waals surface area contributed by atoms with Crippen molar-refractivity contribution < 1.29 is 14.3 Å². The van der Waals surface area contributed by atoms with Crippen molar-refractivity contribution >= 4 is 11.7 Å². The van der Waals surface area contributed by atoms with E-state index >= 15 is 0 Å². The molecule has 2 rings (SSSR count). The molecule has 0 saturated heterocycles. The summed E-state index contributed by atoms with van der Waals surface area (Å²) in [6, 6.07) is 10.5. The van der Waals surface area contributed by atoms with Crippen LogP contribution >= 0.6 is 0 Å². The Morgan fingerprint density at radius 3 is 2.89 bits per heavy atom. The van der Waals surface area contributed by atoms with Gasteiger partial charge in [0.15, 0.2) is 0 Å². The van der Waals surface area contributed by atoms with E-state index in [-0.39, 0.29) is 12.6 Å². The van der Waals surface area contributed by atoms with Crippen LogP contribution in [0.4, 0.5) is 10.5 Å². The summed E-state index contributed by atoms with van der Waals surface area (Å²) >= 11 is 0. The maximum absolute atomic E-state index is 11.6. The molecule has 1 unspecified atom stereocenters. The molecule has 1 atom stereocenters. The van der Waals surface area contributed by atoms with E-state index in [1.807, 2.05) is 25.1 Å². The fraction of sp³-hybridized carbons (Fsp3) is 0.214. The molecule has 0 aliphatic carbocycles. The standard InChI is InChI=1S/C14H16N2O3/c1-10-4-2-5-11(8-10)16-14(18)15-9-12(17)13-6-3-7-19-13/h2-8,12,17H,9H2,1H3,(H2,15,16,18). The first-order valence-electron chi connectivity index (χ1n) is 5.98. The van der Waals surface area contributed by atoms with Gasteiger partial charge in [-0.1, -0.05) is 12.1 Å². The summed E-state index contributed by atoms with van der Waals surface area (Å²) < 4.78 is 5.04. The number of urea groups is 1. The predicted molar refractivity (Wildman–Crippen MR) is 71.9 cm³/mol. The molecule has 0 radical (unpaired) electrons.